The number of hydrazine groups is 1. The minimum absolute atomic E-state index is 0.0527. The SMILES string of the molecule is CCC(Oc1ccccc1C(C)CC)C(=O)NNC(=O)CCC(=O)Nc1ccccc1Cl. The van der Waals surface area contributed by atoms with Gasteiger partial charge in [0.25, 0.3) is 5.91 Å². The van der Waals surface area contributed by atoms with E-state index in [-0.39, 0.29) is 18.7 Å². The highest BCUT2D eigenvalue weighted by Gasteiger charge is 2.21. The van der Waals surface area contributed by atoms with Crippen molar-refractivity contribution in [1.82, 2.24) is 10.9 Å². The van der Waals surface area contributed by atoms with Crippen LogP contribution in [0.25, 0.3) is 0 Å². The van der Waals surface area contributed by atoms with Crippen molar-refractivity contribution in [2.24, 2.45) is 0 Å². The van der Waals surface area contributed by atoms with E-state index in [2.05, 4.69) is 30.0 Å². The van der Waals surface area contributed by atoms with E-state index in [0.29, 0.717) is 28.8 Å². The third kappa shape index (κ3) is 7.57. The maximum absolute atomic E-state index is 12.5. The molecule has 0 saturated heterocycles. The van der Waals surface area contributed by atoms with Gasteiger partial charge in [-0.2, -0.15) is 0 Å². The van der Waals surface area contributed by atoms with Crippen LogP contribution in [0, 0.1) is 0 Å². The molecule has 0 aromatic heterocycles. The van der Waals surface area contributed by atoms with Crippen LogP contribution in [0.1, 0.15) is 57.9 Å². The van der Waals surface area contributed by atoms with Crippen LogP contribution in [0.5, 0.6) is 5.75 Å². The van der Waals surface area contributed by atoms with Gasteiger partial charge < -0.3 is 10.1 Å². The number of halogens is 1. The van der Waals surface area contributed by atoms with Gasteiger partial charge in [-0.05, 0) is 42.5 Å². The molecule has 0 fully saturated rings. The van der Waals surface area contributed by atoms with E-state index in [0.717, 1.165) is 12.0 Å². The standard InChI is InChI=1S/C24H30ClN3O4/c1-4-16(3)17-10-6-9-13-21(17)32-20(5-2)24(31)28-27-23(30)15-14-22(29)26-19-12-8-7-11-18(19)25/h6-13,16,20H,4-5,14-15H2,1-3H3,(H,26,29)(H,27,30)(H,28,31). The number of para-hydroxylation sites is 2. The second-order valence-electron chi connectivity index (χ2n) is 7.43. The van der Waals surface area contributed by atoms with Crippen molar-refractivity contribution < 1.29 is 19.1 Å². The van der Waals surface area contributed by atoms with Crippen LogP contribution < -0.4 is 20.9 Å². The molecule has 0 heterocycles. The Balaban J connectivity index is 1.82. The fourth-order valence-electron chi connectivity index (χ4n) is 2.97. The van der Waals surface area contributed by atoms with Gasteiger partial charge in [-0.1, -0.05) is 62.7 Å². The van der Waals surface area contributed by atoms with Gasteiger partial charge in [0, 0.05) is 12.8 Å². The van der Waals surface area contributed by atoms with E-state index in [4.69, 9.17) is 16.3 Å². The number of amides is 3. The Morgan fingerprint density at radius 1 is 0.906 bits per heavy atom. The van der Waals surface area contributed by atoms with E-state index in [1.165, 1.54) is 0 Å². The average Bonchev–Trinajstić information content (AvgIpc) is 2.80. The Morgan fingerprint density at radius 2 is 1.56 bits per heavy atom. The molecule has 2 rings (SSSR count). The number of hydrogen-bond acceptors (Lipinski definition) is 4. The maximum Gasteiger partial charge on any atom is 0.279 e. The van der Waals surface area contributed by atoms with Gasteiger partial charge in [-0.15, -0.1) is 0 Å². The molecule has 0 aliphatic rings. The Kier molecular flexibility index (Phi) is 10.0. The number of rotatable bonds is 10. The summed E-state index contributed by atoms with van der Waals surface area (Å²) in [7, 11) is 0. The highest BCUT2D eigenvalue weighted by Crippen LogP contribution is 2.29. The number of benzene rings is 2. The lowest BCUT2D eigenvalue weighted by Crippen LogP contribution is -2.48. The van der Waals surface area contributed by atoms with Crippen LogP contribution in [0.2, 0.25) is 5.02 Å². The molecule has 0 spiro atoms. The van der Waals surface area contributed by atoms with Crippen LogP contribution in [0.4, 0.5) is 5.69 Å². The lowest BCUT2D eigenvalue weighted by atomic mass is 9.98. The van der Waals surface area contributed by atoms with Crippen LogP contribution in [0.15, 0.2) is 48.5 Å². The van der Waals surface area contributed by atoms with Gasteiger partial charge in [0.15, 0.2) is 6.10 Å². The molecule has 7 nitrogen and oxygen atoms in total. The van der Waals surface area contributed by atoms with Gasteiger partial charge in [0.2, 0.25) is 11.8 Å². The van der Waals surface area contributed by atoms with Crippen LogP contribution in [-0.2, 0) is 14.4 Å². The molecule has 3 N–H and O–H groups in total. The Bertz CT molecular complexity index is 935. The monoisotopic (exact) mass is 459 g/mol. The number of carbonyl (C=O) groups is 3. The topological polar surface area (TPSA) is 96.5 Å². The third-order valence-electron chi connectivity index (χ3n) is 5.05. The van der Waals surface area contributed by atoms with Crippen LogP contribution >= 0.6 is 11.6 Å². The zero-order valence-electron chi connectivity index (χ0n) is 18.6. The minimum Gasteiger partial charge on any atom is -0.480 e. The highest BCUT2D eigenvalue weighted by molar-refractivity contribution is 6.33. The fourth-order valence-corrected chi connectivity index (χ4v) is 3.15. The molecule has 3 amide bonds. The van der Waals surface area contributed by atoms with E-state index in [1.54, 1.807) is 24.3 Å². The summed E-state index contributed by atoms with van der Waals surface area (Å²) in [6, 6.07) is 14.5. The quantitative estimate of drug-likeness (QED) is 0.453. The molecule has 2 aromatic carbocycles. The molecule has 172 valence electrons. The number of hydrogen-bond donors (Lipinski definition) is 3. The van der Waals surface area contributed by atoms with Gasteiger partial charge in [0.1, 0.15) is 5.75 Å². The zero-order valence-corrected chi connectivity index (χ0v) is 19.4. The van der Waals surface area contributed by atoms with Crippen molar-refractivity contribution >= 4 is 35.0 Å². The predicted octanol–water partition coefficient (Wildman–Crippen LogP) is 4.58. The highest BCUT2D eigenvalue weighted by atomic mass is 35.5. The van der Waals surface area contributed by atoms with E-state index >= 15 is 0 Å². The normalized spacial score (nSPS) is 12.4. The number of ether oxygens (including phenoxy) is 1. The molecule has 0 radical (unpaired) electrons. The largest absolute Gasteiger partial charge is 0.480 e. The maximum atomic E-state index is 12.5. The van der Waals surface area contributed by atoms with Crippen molar-refractivity contribution in [1.29, 1.82) is 0 Å². The van der Waals surface area contributed by atoms with Crippen LogP contribution in [0.3, 0.4) is 0 Å². The second-order valence-corrected chi connectivity index (χ2v) is 7.83. The molecule has 0 bridgehead atoms. The lowest BCUT2D eigenvalue weighted by Gasteiger charge is -2.21. The first-order chi connectivity index (χ1) is 15.3. The summed E-state index contributed by atoms with van der Waals surface area (Å²) in [6.45, 7) is 6.03. The van der Waals surface area contributed by atoms with Crippen molar-refractivity contribution in [3.63, 3.8) is 0 Å². The molecule has 2 aromatic rings. The summed E-state index contributed by atoms with van der Waals surface area (Å²) < 4.78 is 5.95. The lowest BCUT2D eigenvalue weighted by molar-refractivity contribution is -0.133. The molecule has 0 saturated carbocycles. The van der Waals surface area contributed by atoms with Gasteiger partial charge in [0.05, 0.1) is 10.7 Å². The third-order valence-corrected chi connectivity index (χ3v) is 5.38. The van der Waals surface area contributed by atoms with Crippen molar-refractivity contribution in [2.45, 2.75) is 58.5 Å². The first-order valence-electron chi connectivity index (χ1n) is 10.7. The Morgan fingerprint density at radius 3 is 2.25 bits per heavy atom. The van der Waals surface area contributed by atoms with Crippen molar-refractivity contribution in [3.8, 4) is 5.75 Å². The summed E-state index contributed by atoms with van der Waals surface area (Å²) in [5, 5.41) is 3.06. The van der Waals surface area contributed by atoms with Gasteiger partial charge >= 0.3 is 0 Å². The Labute approximate surface area is 193 Å². The smallest absolute Gasteiger partial charge is 0.279 e. The average molecular weight is 460 g/mol. The van der Waals surface area contributed by atoms with Crippen molar-refractivity contribution in [3.05, 3.63) is 59.1 Å². The van der Waals surface area contributed by atoms with E-state index < -0.39 is 17.9 Å². The summed E-state index contributed by atoms with van der Waals surface area (Å²) in [5.74, 6) is -0.339. The van der Waals surface area contributed by atoms with E-state index in [9.17, 15) is 14.4 Å². The minimum atomic E-state index is -0.760. The van der Waals surface area contributed by atoms with Gasteiger partial charge in [-0.3, -0.25) is 25.2 Å². The van der Waals surface area contributed by atoms with Gasteiger partial charge in [-0.25, -0.2) is 0 Å². The molecule has 8 heteroatoms. The molecule has 2 atom stereocenters. The number of carbonyl (C=O) groups excluding carboxylic acids is 3. The molecule has 0 aliphatic carbocycles. The zero-order chi connectivity index (χ0) is 23.5. The molecule has 2 unspecified atom stereocenters. The first-order valence-corrected chi connectivity index (χ1v) is 11.1. The summed E-state index contributed by atoms with van der Waals surface area (Å²) >= 11 is 6.00. The van der Waals surface area contributed by atoms with E-state index in [1.807, 2.05) is 31.2 Å². The van der Waals surface area contributed by atoms with Crippen LogP contribution in [-0.4, -0.2) is 23.8 Å². The number of nitrogens with one attached hydrogen (secondary N) is 3. The molecular formula is C24H30ClN3O4. The number of anilines is 1. The molecule has 0 aliphatic heterocycles. The molecule has 32 heavy (non-hydrogen) atoms. The summed E-state index contributed by atoms with van der Waals surface area (Å²) in [6.07, 6.45) is 0.470. The molecular weight excluding hydrogens is 430 g/mol. The Hall–Kier alpha value is -3.06. The second kappa shape index (κ2) is 12.7. The summed E-state index contributed by atoms with van der Waals surface area (Å²) in [5.41, 5.74) is 6.24. The first kappa shape index (κ1) is 25.2. The fraction of sp³-hybridized carbons (Fsp3) is 0.375. The van der Waals surface area contributed by atoms with Crippen molar-refractivity contribution in [2.75, 3.05) is 5.32 Å². The predicted molar refractivity (Wildman–Crippen MR) is 125 cm³/mol. The summed E-state index contributed by atoms with van der Waals surface area (Å²) in [4.78, 5) is 36.6.